The number of hydrogen-bond donors (Lipinski definition) is 4. The molecule has 162 valence electrons. The number of anilines is 1. The Morgan fingerprint density at radius 1 is 1.00 bits per heavy atom. The third-order valence-corrected chi connectivity index (χ3v) is 4.20. The maximum Gasteiger partial charge on any atom is 0.411 e. The first-order valence-electron chi connectivity index (χ1n) is 9.50. The smallest absolute Gasteiger partial charge is 0.411 e. The van der Waals surface area contributed by atoms with Gasteiger partial charge in [-0.25, -0.2) is 14.6 Å². The quantitative estimate of drug-likeness (QED) is 0.377. The van der Waals surface area contributed by atoms with Crippen LogP contribution in [0.25, 0.3) is 11.3 Å². The molecule has 9 nitrogen and oxygen atoms in total. The molecule has 0 aliphatic rings. The number of carbonyl (C=O) groups is 2. The van der Waals surface area contributed by atoms with Crippen molar-refractivity contribution in [3.8, 4) is 11.3 Å². The molecule has 0 aliphatic heterocycles. The van der Waals surface area contributed by atoms with Gasteiger partial charge >= 0.3 is 12.1 Å². The SMILES string of the molecule is O=C(Nc1ccc(-c2ccc(C(=O)O)c(=O)[nH]2)cc1)OCc1ccccc1.c1c[nH]cn1. The zero-order valence-corrected chi connectivity index (χ0v) is 16.8. The molecule has 0 atom stereocenters. The van der Waals surface area contributed by atoms with E-state index in [9.17, 15) is 14.4 Å². The summed E-state index contributed by atoms with van der Waals surface area (Å²) in [4.78, 5) is 43.4. The number of aromatic nitrogens is 3. The van der Waals surface area contributed by atoms with Crippen LogP contribution in [-0.4, -0.2) is 32.1 Å². The molecule has 32 heavy (non-hydrogen) atoms. The highest BCUT2D eigenvalue weighted by Crippen LogP contribution is 2.19. The first-order valence-corrected chi connectivity index (χ1v) is 9.50. The number of nitrogens with zero attached hydrogens (tertiary/aromatic N) is 1. The van der Waals surface area contributed by atoms with Crippen LogP contribution in [0.4, 0.5) is 10.5 Å². The Balaban J connectivity index is 0.000000509. The Hall–Kier alpha value is -4.66. The highest BCUT2D eigenvalue weighted by atomic mass is 16.5. The predicted molar refractivity (Wildman–Crippen MR) is 118 cm³/mol. The fraction of sp³-hybridized carbons (Fsp3) is 0.0435. The Bertz CT molecular complexity index is 1190. The number of carboxylic acid groups (broad SMARTS) is 1. The maximum absolute atomic E-state index is 11.9. The molecule has 2 aromatic carbocycles. The van der Waals surface area contributed by atoms with Gasteiger partial charge in [0.15, 0.2) is 0 Å². The number of aromatic amines is 2. The number of benzene rings is 2. The van der Waals surface area contributed by atoms with E-state index in [4.69, 9.17) is 9.84 Å². The standard InChI is InChI=1S/C20H16N2O5.C3H4N2/c23-18-16(19(24)25)10-11-17(22-18)14-6-8-15(9-7-14)21-20(26)27-12-13-4-2-1-3-5-13;1-2-5-3-4-1/h1-11H,12H2,(H,21,26)(H,22,23)(H,24,25);1-3H,(H,4,5). The number of amides is 1. The van der Waals surface area contributed by atoms with Gasteiger partial charge in [0.1, 0.15) is 12.2 Å². The molecular weight excluding hydrogens is 412 g/mol. The molecule has 1 amide bonds. The summed E-state index contributed by atoms with van der Waals surface area (Å²) < 4.78 is 5.15. The Morgan fingerprint density at radius 2 is 1.75 bits per heavy atom. The van der Waals surface area contributed by atoms with E-state index < -0.39 is 17.6 Å². The molecule has 0 spiro atoms. The van der Waals surface area contributed by atoms with E-state index >= 15 is 0 Å². The van der Waals surface area contributed by atoms with E-state index in [-0.39, 0.29) is 12.2 Å². The molecule has 4 N–H and O–H groups in total. The average molecular weight is 432 g/mol. The predicted octanol–water partition coefficient (Wildman–Crippen LogP) is 3.90. The summed E-state index contributed by atoms with van der Waals surface area (Å²) in [7, 11) is 0. The minimum Gasteiger partial charge on any atom is -0.477 e. The van der Waals surface area contributed by atoms with Crippen LogP contribution in [0.1, 0.15) is 15.9 Å². The lowest BCUT2D eigenvalue weighted by atomic mass is 10.1. The normalized spacial score (nSPS) is 9.88. The van der Waals surface area contributed by atoms with Gasteiger partial charge in [0.25, 0.3) is 5.56 Å². The van der Waals surface area contributed by atoms with Crippen molar-refractivity contribution in [2.45, 2.75) is 6.61 Å². The van der Waals surface area contributed by atoms with Crippen LogP contribution in [-0.2, 0) is 11.3 Å². The lowest BCUT2D eigenvalue weighted by Gasteiger charge is -2.08. The summed E-state index contributed by atoms with van der Waals surface area (Å²) in [6, 6.07) is 18.8. The van der Waals surface area contributed by atoms with Gasteiger partial charge < -0.3 is 19.8 Å². The summed E-state index contributed by atoms with van der Waals surface area (Å²) in [5.41, 5.74) is 1.57. The van der Waals surface area contributed by atoms with Gasteiger partial charge in [-0.15, -0.1) is 0 Å². The van der Waals surface area contributed by atoms with Crippen LogP contribution in [0, 0.1) is 0 Å². The third-order valence-electron chi connectivity index (χ3n) is 4.20. The number of carboxylic acids is 1. The van der Waals surface area contributed by atoms with Crippen molar-refractivity contribution in [2.75, 3.05) is 5.32 Å². The van der Waals surface area contributed by atoms with E-state index in [1.165, 1.54) is 12.1 Å². The second-order valence-electron chi connectivity index (χ2n) is 6.44. The number of hydrogen-bond acceptors (Lipinski definition) is 5. The van der Waals surface area contributed by atoms with Crippen molar-refractivity contribution in [1.82, 2.24) is 15.0 Å². The van der Waals surface area contributed by atoms with E-state index in [1.54, 1.807) is 43.0 Å². The van der Waals surface area contributed by atoms with E-state index in [0.717, 1.165) is 5.56 Å². The topological polar surface area (TPSA) is 137 Å². The van der Waals surface area contributed by atoms with Gasteiger partial charge in [0.2, 0.25) is 0 Å². The molecule has 4 aromatic rings. The van der Waals surface area contributed by atoms with Gasteiger partial charge in [0.05, 0.1) is 6.33 Å². The lowest BCUT2D eigenvalue weighted by molar-refractivity contribution is 0.0695. The molecule has 2 heterocycles. The van der Waals surface area contributed by atoms with Crippen LogP contribution in [0.2, 0.25) is 0 Å². The van der Waals surface area contributed by atoms with E-state index in [1.807, 2.05) is 30.3 Å². The van der Waals surface area contributed by atoms with Gasteiger partial charge in [0, 0.05) is 23.8 Å². The minimum atomic E-state index is -1.28. The molecule has 9 heteroatoms. The number of aromatic carboxylic acids is 1. The highest BCUT2D eigenvalue weighted by molar-refractivity contribution is 5.87. The lowest BCUT2D eigenvalue weighted by Crippen LogP contribution is -2.17. The maximum atomic E-state index is 11.9. The molecule has 0 bridgehead atoms. The number of pyridine rings is 1. The van der Waals surface area contributed by atoms with E-state index in [0.29, 0.717) is 16.9 Å². The summed E-state index contributed by atoms with van der Waals surface area (Å²) in [6.07, 6.45) is 4.51. The van der Waals surface area contributed by atoms with Crippen molar-refractivity contribution in [3.05, 3.63) is 107 Å². The number of rotatable bonds is 5. The Labute approximate surface area is 182 Å². The first kappa shape index (κ1) is 22.0. The summed E-state index contributed by atoms with van der Waals surface area (Å²) >= 11 is 0. The molecule has 0 radical (unpaired) electrons. The number of H-pyrrole nitrogens is 2. The molecule has 0 saturated heterocycles. The van der Waals surface area contributed by atoms with Crippen molar-refractivity contribution in [1.29, 1.82) is 0 Å². The van der Waals surface area contributed by atoms with Crippen LogP contribution >= 0.6 is 0 Å². The molecular formula is C23H20N4O5. The number of carbonyl (C=O) groups excluding carboxylic acids is 1. The third kappa shape index (κ3) is 6.42. The summed E-state index contributed by atoms with van der Waals surface area (Å²) in [5.74, 6) is -1.28. The fourth-order valence-corrected chi connectivity index (χ4v) is 2.64. The first-order chi connectivity index (χ1) is 15.5. The van der Waals surface area contributed by atoms with Crippen molar-refractivity contribution in [3.63, 3.8) is 0 Å². The molecule has 4 rings (SSSR count). The van der Waals surface area contributed by atoms with Gasteiger partial charge in [-0.1, -0.05) is 42.5 Å². The fourth-order valence-electron chi connectivity index (χ4n) is 2.64. The summed E-state index contributed by atoms with van der Waals surface area (Å²) in [6.45, 7) is 0.169. The van der Waals surface area contributed by atoms with Crippen molar-refractivity contribution in [2.24, 2.45) is 0 Å². The monoisotopic (exact) mass is 432 g/mol. The van der Waals surface area contributed by atoms with Gasteiger partial charge in [-0.2, -0.15) is 0 Å². The largest absolute Gasteiger partial charge is 0.477 e. The highest BCUT2D eigenvalue weighted by Gasteiger charge is 2.10. The van der Waals surface area contributed by atoms with E-state index in [2.05, 4.69) is 20.3 Å². The number of ether oxygens (including phenoxy) is 1. The zero-order valence-electron chi connectivity index (χ0n) is 16.8. The van der Waals surface area contributed by atoms with Crippen LogP contribution in [0.5, 0.6) is 0 Å². The molecule has 2 aromatic heterocycles. The average Bonchev–Trinajstić information content (AvgIpc) is 3.39. The second kappa shape index (κ2) is 10.9. The Kier molecular flexibility index (Phi) is 7.53. The molecule has 0 saturated carbocycles. The van der Waals surface area contributed by atoms with Crippen LogP contribution < -0.4 is 10.9 Å². The van der Waals surface area contributed by atoms with Crippen molar-refractivity contribution < 1.29 is 19.4 Å². The number of nitrogens with one attached hydrogen (secondary N) is 3. The van der Waals surface area contributed by atoms with Gasteiger partial charge in [-0.3, -0.25) is 10.1 Å². The number of imidazole rings is 1. The van der Waals surface area contributed by atoms with Gasteiger partial charge in [-0.05, 0) is 35.4 Å². The Morgan fingerprint density at radius 3 is 2.31 bits per heavy atom. The zero-order chi connectivity index (χ0) is 22.8. The van der Waals surface area contributed by atoms with Crippen LogP contribution in [0.15, 0.2) is 90.2 Å². The molecule has 0 aliphatic carbocycles. The minimum absolute atomic E-state index is 0.169. The van der Waals surface area contributed by atoms with Crippen molar-refractivity contribution >= 4 is 17.7 Å². The molecule has 0 unspecified atom stereocenters. The molecule has 0 fully saturated rings. The summed E-state index contributed by atoms with van der Waals surface area (Å²) in [5, 5.41) is 11.5. The van der Waals surface area contributed by atoms with Crippen LogP contribution in [0.3, 0.4) is 0 Å². The second-order valence-corrected chi connectivity index (χ2v) is 6.44.